The van der Waals surface area contributed by atoms with Crippen molar-refractivity contribution in [2.75, 3.05) is 19.0 Å². The molecule has 1 aliphatic rings. The van der Waals surface area contributed by atoms with Crippen LogP contribution in [0.1, 0.15) is 79.6 Å². The largest absolute Gasteiger partial charge is 0.465 e. The molecule has 0 radical (unpaired) electrons. The minimum atomic E-state index is -2.80. The predicted molar refractivity (Wildman–Crippen MR) is 114 cm³/mol. The lowest BCUT2D eigenvalue weighted by molar-refractivity contribution is 0.0531. The number of methoxy groups -OCH3 is 1. The Hall–Kier alpha value is -3.41. The fraction of sp³-hybridized carbons (Fsp3) is 0.381. The Morgan fingerprint density at radius 2 is 2.00 bits per heavy atom. The van der Waals surface area contributed by atoms with Gasteiger partial charge in [0.05, 0.1) is 19.3 Å². The number of thiophene rings is 1. The van der Waals surface area contributed by atoms with E-state index in [1.807, 2.05) is 0 Å². The molecule has 33 heavy (non-hydrogen) atoms. The van der Waals surface area contributed by atoms with Gasteiger partial charge in [0.2, 0.25) is 0 Å². The molecule has 0 unspecified atom stereocenters. The number of nitrogens with one attached hydrogen (secondary N) is 1. The van der Waals surface area contributed by atoms with Crippen molar-refractivity contribution in [2.45, 2.75) is 39.0 Å². The van der Waals surface area contributed by atoms with Crippen LogP contribution in [-0.4, -0.2) is 46.2 Å². The summed E-state index contributed by atoms with van der Waals surface area (Å²) in [5.74, 6) is -2.01. The van der Waals surface area contributed by atoms with Gasteiger partial charge in [0.25, 0.3) is 12.3 Å². The summed E-state index contributed by atoms with van der Waals surface area (Å²) in [6, 6.07) is 2.62. The Kier molecular flexibility index (Phi) is 6.11. The summed E-state index contributed by atoms with van der Waals surface area (Å²) in [5.41, 5.74) is 0.453. The van der Waals surface area contributed by atoms with Gasteiger partial charge >= 0.3 is 11.9 Å². The van der Waals surface area contributed by atoms with Crippen molar-refractivity contribution in [3.8, 4) is 0 Å². The minimum Gasteiger partial charge on any atom is -0.465 e. The van der Waals surface area contributed by atoms with Crippen molar-refractivity contribution in [1.29, 1.82) is 0 Å². The average Bonchev–Trinajstić information content (AvgIpc) is 3.46. The van der Waals surface area contributed by atoms with E-state index in [9.17, 15) is 23.2 Å². The second-order valence-electron chi connectivity index (χ2n) is 7.41. The highest BCUT2D eigenvalue weighted by Crippen LogP contribution is 2.40. The summed E-state index contributed by atoms with van der Waals surface area (Å²) >= 11 is 0.853. The van der Waals surface area contributed by atoms with Gasteiger partial charge in [-0.25, -0.2) is 27.9 Å². The molecule has 0 aromatic carbocycles. The molecule has 3 aromatic heterocycles. The zero-order valence-electron chi connectivity index (χ0n) is 18.0. The monoisotopic (exact) mass is 478 g/mol. The molecular formula is C21H20F2N4O5S. The van der Waals surface area contributed by atoms with Gasteiger partial charge in [-0.1, -0.05) is 0 Å². The molecule has 0 aliphatic heterocycles. The maximum Gasteiger partial charge on any atom is 0.348 e. The summed E-state index contributed by atoms with van der Waals surface area (Å²) in [7, 11) is 1.17. The molecule has 0 bridgehead atoms. The number of nitrogens with zero attached hydrogens (tertiary/aromatic N) is 3. The van der Waals surface area contributed by atoms with Gasteiger partial charge in [-0.15, -0.1) is 11.3 Å². The second kappa shape index (κ2) is 8.85. The summed E-state index contributed by atoms with van der Waals surface area (Å²) in [6.45, 7) is 3.31. The number of amides is 1. The average molecular weight is 478 g/mol. The van der Waals surface area contributed by atoms with E-state index in [0.717, 1.165) is 28.7 Å². The highest BCUT2D eigenvalue weighted by Gasteiger charge is 2.30. The normalized spacial score (nSPS) is 13.4. The zero-order chi connectivity index (χ0) is 23.9. The first-order chi connectivity index (χ1) is 15.7. The van der Waals surface area contributed by atoms with E-state index in [1.54, 1.807) is 6.92 Å². The van der Waals surface area contributed by atoms with E-state index >= 15 is 0 Å². The molecule has 0 spiro atoms. The van der Waals surface area contributed by atoms with Crippen LogP contribution >= 0.6 is 11.3 Å². The number of carbonyl (C=O) groups excluding carboxylic acids is 3. The Balaban J connectivity index is 1.71. The molecule has 1 amide bonds. The number of carbonyl (C=O) groups is 3. The molecule has 4 rings (SSSR count). The summed E-state index contributed by atoms with van der Waals surface area (Å²) < 4.78 is 37.9. The predicted octanol–water partition coefficient (Wildman–Crippen LogP) is 4.13. The number of rotatable bonds is 7. The standard InChI is InChI=1S/C21H20F2N4O5S/c1-4-32-21(30)16-9(2)15(20(29)31-3)19(33-16)25-18(28)12-8-14-24-11(10-5-6-10)7-13(17(22)23)27(14)26-12/h7-8,10,17H,4-6H2,1-3H3,(H,25,28). The number of ether oxygens (including phenoxy) is 2. The molecule has 9 nitrogen and oxygen atoms in total. The van der Waals surface area contributed by atoms with Crippen LogP contribution in [0.25, 0.3) is 5.65 Å². The van der Waals surface area contributed by atoms with E-state index in [-0.39, 0.29) is 45.0 Å². The van der Waals surface area contributed by atoms with Gasteiger partial charge in [-0.3, -0.25) is 4.79 Å². The maximum atomic E-state index is 13.6. The fourth-order valence-electron chi connectivity index (χ4n) is 3.38. The molecular weight excluding hydrogens is 458 g/mol. The SMILES string of the molecule is CCOC(=O)c1sc(NC(=O)c2cc3nc(C4CC4)cc(C(F)F)n3n2)c(C(=O)OC)c1C. The van der Waals surface area contributed by atoms with Gasteiger partial charge in [-0.05, 0) is 38.3 Å². The first-order valence-corrected chi connectivity index (χ1v) is 11.0. The number of esters is 2. The Labute approximate surface area is 190 Å². The van der Waals surface area contributed by atoms with E-state index in [1.165, 1.54) is 26.2 Å². The molecule has 0 atom stereocenters. The van der Waals surface area contributed by atoms with Crippen LogP contribution in [0.5, 0.6) is 0 Å². The van der Waals surface area contributed by atoms with Crippen LogP contribution in [0.15, 0.2) is 12.1 Å². The van der Waals surface area contributed by atoms with E-state index in [0.29, 0.717) is 11.3 Å². The highest BCUT2D eigenvalue weighted by atomic mass is 32.1. The van der Waals surface area contributed by atoms with Gasteiger partial charge in [0.1, 0.15) is 15.6 Å². The van der Waals surface area contributed by atoms with Gasteiger partial charge < -0.3 is 14.8 Å². The van der Waals surface area contributed by atoms with E-state index in [4.69, 9.17) is 9.47 Å². The van der Waals surface area contributed by atoms with Crippen molar-refractivity contribution in [3.05, 3.63) is 45.2 Å². The van der Waals surface area contributed by atoms with Crippen molar-refractivity contribution in [2.24, 2.45) is 0 Å². The molecule has 174 valence electrons. The first-order valence-electron chi connectivity index (χ1n) is 10.1. The lowest BCUT2D eigenvalue weighted by atomic mass is 10.1. The number of aromatic nitrogens is 3. The minimum absolute atomic E-state index is 0.00470. The molecule has 0 saturated heterocycles. The van der Waals surface area contributed by atoms with Crippen molar-refractivity contribution >= 4 is 39.8 Å². The number of halogens is 2. The third kappa shape index (κ3) is 4.30. The highest BCUT2D eigenvalue weighted by molar-refractivity contribution is 7.18. The quantitative estimate of drug-likeness (QED) is 0.508. The number of alkyl halides is 2. The van der Waals surface area contributed by atoms with Crippen LogP contribution in [0.2, 0.25) is 0 Å². The molecule has 1 aliphatic carbocycles. The van der Waals surface area contributed by atoms with Crippen LogP contribution in [0.3, 0.4) is 0 Å². The lowest BCUT2D eigenvalue weighted by Gasteiger charge is -2.06. The molecule has 3 heterocycles. The Morgan fingerprint density at radius 3 is 2.61 bits per heavy atom. The number of fused-ring (bicyclic) bond motifs is 1. The summed E-state index contributed by atoms with van der Waals surface area (Å²) in [5, 5.41) is 6.60. The molecule has 12 heteroatoms. The van der Waals surface area contributed by atoms with Crippen molar-refractivity contribution < 1.29 is 32.6 Å². The smallest absolute Gasteiger partial charge is 0.348 e. The summed E-state index contributed by atoms with van der Waals surface area (Å²) in [4.78, 5) is 42.0. The van der Waals surface area contributed by atoms with Gasteiger partial charge in [0, 0.05) is 17.7 Å². The molecule has 1 saturated carbocycles. The number of hydrogen-bond acceptors (Lipinski definition) is 8. The van der Waals surface area contributed by atoms with Crippen molar-refractivity contribution in [1.82, 2.24) is 14.6 Å². The fourth-order valence-corrected chi connectivity index (χ4v) is 4.46. The zero-order valence-corrected chi connectivity index (χ0v) is 18.8. The van der Waals surface area contributed by atoms with Crippen LogP contribution < -0.4 is 5.32 Å². The maximum absolute atomic E-state index is 13.6. The van der Waals surface area contributed by atoms with Crippen molar-refractivity contribution in [3.63, 3.8) is 0 Å². The Morgan fingerprint density at radius 1 is 1.27 bits per heavy atom. The second-order valence-corrected chi connectivity index (χ2v) is 8.43. The van der Waals surface area contributed by atoms with E-state index < -0.39 is 24.3 Å². The number of hydrogen-bond donors (Lipinski definition) is 1. The Bertz CT molecular complexity index is 1270. The topological polar surface area (TPSA) is 112 Å². The third-order valence-electron chi connectivity index (χ3n) is 5.15. The molecule has 3 aromatic rings. The van der Waals surface area contributed by atoms with Crippen LogP contribution in [0.4, 0.5) is 13.8 Å². The first kappa shape index (κ1) is 22.8. The molecule has 1 N–H and O–H groups in total. The van der Waals surface area contributed by atoms with Gasteiger partial charge in [0.15, 0.2) is 11.3 Å². The van der Waals surface area contributed by atoms with Crippen LogP contribution in [-0.2, 0) is 9.47 Å². The van der Waals surface area contributed by atoms with E-state index in [2.05, 4.69) is 15.4 Å². The number of anilines is 1. The third-order valence-corrected chi connectivity index (χ3v) is 6.34. The van der Waals surface area contributed by atoms with Gasteiger partial charge in [-0.2, -0.15) is 5.10 Å². The summed E-state index contributed by atoms with van der Waals surface area (Å²) in [6.07, 6.45) is -1.05. The van der Waals surface area contributed by atoms with Crippen LogP contribution in [0, 0.1) is 6.92 Å². The molecule has 1 fully saturated rings. The lowest BCUT2D eigenvalue weighted by Crippen LogP contribution is -2.15.